The molecule has 0 unspecified atom stereocenters. The van der Waals surface area contributed by atoms with Crippen LogP contribution in [0.2, 0.25) is 0 Å². The van der Waals surface area contributed by atoms with Gasteiger partial charge in [0.05, 0.1) is 17.0 Å². The number of rotatable bonds is 6. The largest absolute Gasteiger partial charge is 0.457 e. The van der Waals surface area contributed by atoms with Gasteiger partial charge in [0.1, 0.15) is 11.5 Å². The first-order valence-corrected chi connectivity index (χ1v) is 13.7. The molecule has 4 aromatic rings. The van der Waals surface area contributed by atoms with Gasteiger partial charge < -0.3 is 24.9 Å². The fraction of sp³-hybridized carbons (Fsp3) is 0.115. The molecule has 0 aliphatic carbocycles. The number of carbonyl (C=O) groups is 2. The Kier molecular flexibility index (Phi) is 7.28. The van der Waals surface area contributed by atoms with E-state index < -0.39 is 16.0 Å². The minimum absolute atomic E-state index is 0.339. The molecule has 4 N–H and O–H groups in total. The Morgan fingerprint density at radius 1 is 0.972 bits per heavy atom. The number of hydrogen-bond acceptors (Lipinski definition) is 4. The molecule has 0 radical (unpaired) electrons. The number of ether oxygens (including phenoxy) is 1. The number of carbonyl (C=O) groups excluding carboxylic acids is 2. The van der Waals surface area contributed by atoms with E-state index >= 15 is 0 Å². The first-order valence-electron chi connectivity index (χ1n) is 11.1. The number of urea groups is 1. The lowest BCUT2D eigenvalue weighted by atomic mass is 10.2. The first kappa shape index (κ1) is 24.8. The van der Waals surface area contributed by atoms with Crippen molar-refractivity contribution >= 4 is 33.4 Å². The molecule has 4 rings (SSSR count). The number of pyridine rings is 1. The summed E-state index contributed by atoms with van der Waals surface area (Å²) in [6.45, 7) is 1.96. The van der Waals surface area contributed by atoms with E-state index in [0.717, 1.165) is 5.56 Å². The first-order chi connectivity index (χ1) is 17.1. The number of aryl methyl sites for hydroxylation is 1. The Morgan fingerprint density at radius 3 is 2.44 bits per heavy atom. The molecule has 0 aliphatic rings. The zero-order valence-corrected chi connectivity index (χ0v) is 20.9. The lowest BCUT2D eigenvalue weighted by molar-refractivity contribution is 0.100. The minimum atomic E-state index is -2.58. The number of anilines is 2. The topological polar surface area (TPSA) is 129 Å². The van der Waals surface area contributed by atoms with Gasteiger partial charge in [-0.2, -0.15) is 4.36 Å². The van der Waals surface area contributed by atoms with Gasteiger partial charge in [-0.3, -0.25) is 9.78 Å². The van der Waals surface area contributed by atoms with Crippen LogP contribution >= 0.6 is 0 Å². The minimum Gasteiger partial charge on any atom is -0.457 e. The van der Waals surface area contributed by atoms with E-state index in [9.17, 15) is 14.1 Å². The zero-order valence-electron chi connectivity index (χ0n) is 20.0. The van der Waals surface area contributed by atoms with Crippen LogP contribution in [-0.4, -0.2) is 39.0 Å². The monoisotopic (exact) mass is 505 g/mol. The van der Waals surface area contributed by atoms with Crippen LogP contribution in [0.5, 0.6) is 11.5 Å². The van der Waals surface area contributed by atoms with Gasteiger partial charge >= 0.3 is 6.03 Å². The van der Waals surface area contributed by atoms with Crippen molar-refractivity contribution in [3.05, 3.63) is 90.3 Å². The lowest BCUT2D eigenvalue weighted by Gasteiger charge is -2.10. The fourth-order valence-electron chi connectivity index (χ4n) is 3.33. The highest BCUT2D eigenvalue weighted by Gasteiger charge is 2.12. The second-order valence-electron chi connectivity index (χ2n) is 8.50. The van der Waals surface area contributed by atoms with E-state index in [-0.39, 0.29) is 6.03 Å². The van der Waals surface area contributed by atoms with Crippen molar-refractivity contribution in [2.45, 2.75) is 6.92 Å². The van der Waals surface area contributed by atoms with Gasteiger partial charge in [-0.05, 0) is 73.5 Å². The Hall–Kier alpha value is -4.28. The van der Waals surface area contributed by atoms with Crippen LogP contribution in [-0.2, 0) is 10.1 Å². The summed E-state index contributed by atoms with van der Waals surface area (Å²) in [5.74, 6) is 0.645. The fourth-order valence-corrected chi connectivity index (χ4v) is 3.89. The Balaban J connectivity index is 1.39. The standard InChI is InChI=1S/C26H27N5O4S/c1-17-5-4-6-20(13-17)30-26(33)29-19-7-9-21(10-8-19)35-22-11-12-27-24(15-22)23-14-18(16-28-23)25(32)31-36(2,3)34/h4-16,28,36H,1-3H3,(H2,29,30,33)(H,31,32,34). The molecule has 0 atom stereocenters. The van der Waals surface area contributed by atoms with Crippen molar-refractivity contribution in [1.82, 2.24) is 9.97 Å². The number of H-pyrrole nitrogens is 1. The number of hydrogen-bond donors (Lipinski definition) is 5. The summed E-state index contributed by atoms with van der Waals surface area (Å²) in [5.41, 5.74) is 3.93. The third-order valence-electron chi connectivity index (χ3n) is 4.90. The molecule has 2 aromatic heterocycles. The summed E-state index contributed by atoms with van der Waals surface area (Å²) >= 11 is 0. The second-order valence-corrected chi connectivity index (χ2v) is 11.4. The lowest BCUT2D eigenvalue weighted by Crippen LogP contribution is -2.19. The molecule has 0 saturated carbocycles. The van der Waals surface area contributed by atoms with Crippen molar-refractivity contribution in [2.75, 3.05) is 23.1 Å². The molecule has 0 fully saturated rings. The van der Waals surface area contributed by atoms with E-state index in [1.807, 2.05) is 31.2 Å². The maximum absolute atomic E-state index is 12.3. The van der Waals surface area contributed by atoms with E-state index in [1.54, 1.807) is 61.2 Å². The van der Waals surface area contributed by atoms with Crippen molar-refractivity contribution < 1.29 is 18.9 Å². The van der Waals surface area contributed by atoms with Crippen LogP contribution in [0.15, 0.2) is 83.5 Å². The summed E-state index contributed by atoms with van der Waals surface area (Å²) in [6.07, 6.45) is 6.23. The smallest absolute Gasteiger partial charge is 0.323 e. The summed E-state index contributed by atoms with van der Waals surface area (Å²) in [7, 11) is -2.58. The number of amides is 3. The van der Waals surface area contributed by atoms with Crippen LogP contribution in [0.4, 0.5) is 16.2 Å². The van der Waals surface area contributed by atoms with E-state index in [4.69, 9.17) is 4.74 Å². The molecular formula is C26H27N5O4S. The highest BCUT2D eigenvalue weighted by atomic mass is 32.3. The maximum atomic E-state index is 12.3. The average molecular weight is 506 g/mol. The van der Waals surface area contributed by atoms with E-state index in [1.165, 1.54) is 6.20 Å². The van der Waals surface area contributed by atoms with Gasteiger partial charge in [0.15, 0.2) is 0 Å². The second kappa shape index (κ2) is 10.5. The molecule has 0 aliphatic heterocycles. The quantitative estimate of drug-likeness (QED) is 0.213. The SMILES string of the molecule is Cc1cccc(NC(=O)Nc2ccc(Oc3ccnc(-c4cc(C(=O)N=[SH](C)(C)O)c[nH]4)c3)cc2)c1. The van der Waals surface area contributed by atoms with E-state index in [0.29, 0.717) is 39.8 Å². The summed E-state index contributed by atoms with van der Waals surface area (Å²) in [5, 5.41) is 5.59. The Morgan fingerprint density at radius 2 is 1.72 bits per heavy atom. The van der Waals surface area contributed by atoms with Crippen molar-refractivity contribution in [2.24, 2.45) is 4.36 Å². The molecule has 0 saturated heterocycles. The van der Waals surface area contributed by atoms with Gasteiger partial charge in [-0.1, -0.05) is 12.1 Å². The van der Waals surface area contributed by atoms with Gasteiger partial charge in [-0.25, -0.2) is 4.79 Å². The number of aromatic nitrogens is 2. The predicted octanol–water partition coefficient (Wildman–Crippen LogP) is 5.76. The molecule has 10 heteroatoms. The summed E-state index contributed by atoms with van der Waals surface area (Å²) < 4.78 is 19.6. The molecule has 9 nitrogen and oxygen atoms in total. The Labute approximate surface area is 209 Å². The molecule has 3 amide bonds. The van der Waals surface area contributed by atoms with Gasteiger partial charge in [-0.15, -0.1) is 10.1 Å². The maximum Gasteiger partial charge on any atom is 0.323 e. The van der Waals surface area contributed by atoms with Crippen molar-refractivity contribution in [1.29, 1.82) is 0 Å². The third-order valence-corrected chi connectivity index (χ3v) is 5.57. The molecule has 36 heavy (non-hydrogen) atoms. The van der Waals surface area contributed by atoms with Gasteiger partial charge in [0.2, 0.25) is 0 Å². The average Bonchev–Trinajstić information content (AvgIpc) is 3.30. The molecule has 2 heterocycles. The third kappa shape index (κ3) is 6.87. The normalized spacial score (nSPS) is 11.4. The predicted molar refractivity (Wildman–Crippen MR) is 144 cm³/mol. The van der Waals surface area contributed by atoms with Gasteiger partial charge in [0.25, 0.3) is 5.91 Å². The van der Waals surface area contributed by atoms with Crippen LogP contribution < -0.4 is 15.4 Å². The van der Waals surface area contributed by atoms with Crippen LogP contribution in [0.3, 0.4) is 0 Å². The summed E-state index contributed by atoms with van der Waals surface area (Å²) in [4.78, 5) is 31.8. The highest BCUT2D eigenvalue weighted by molar-refractivity contribution is 7.98. The van der Waals surface area contributed by atoms with Crippen LogP contribution in [0, 0.1) is 6.92 Å². The van der Waals surface area contributed by atoms with Gasteiger partial charge in [0, 0.05) is 29.8 Å². The highest BCUT2D eigenvalue weighted by Crippen LogP contribution is 2.27. The van der Waals surface area contributed by atoms with Crippen molar-refractivity contribution in [3.63, 3.8) is 0 Å². The number of nitrogens with zero attached hydrogens (tertiary/aromatic N) is 2. The van der Waals surface area contributed by atoms with Crippen LogP contribution in [0.25, 0.3) is 11.4 Å². The van der Waals surface area contributed by atoms with E-state index in [2.05, 4.69) is 25.0 Å². The number of benzene rings is 2. The molecular weight excluding hydrogens is 478 g/mol. The van der Waals surface area contributed by atoms with Crippen LogP contribution in [0.1, 0.15) is 15.9 Å². The zero-order chi connectivity index (χ0) is 25.7. The number of thiol groups is 1. The van der Waals surface area contributed by atoms with Crippen molar-refractivity contribution in [3.8, 4) is 22.9 Å². The summed E-state index contributed by atoms with van der Waals surface area (Å²) in [6, 6.07) is 19.3. The molecule has 0 spiro atoms. The number of aromatic amines is 1. The molecule has 2 aromatic carbocycles. The molecule has 186 valence electrons. The Bertz CT molecular complexity index is 1450. The molecule has 0 bridgehead atoms. The number of nitrogens with one attached hydrogen (secondary N) is 3.